The third-order valence-electron chi connectivity index (χ3n) is 8.55. The lowest BCUT2D eigenvalue weighted by molar-refractivity contribution is -0.350. The van der Waals surface area contributed by atoms with Crippen molar-refractivity contribution in [1.82, 2.24) is 0 Å². The summed E-state index contributed by atoms with van der Waals surface area (Å²) in [6, 6.07) is 5.88. The van der Waals surface area contributed by atoms with E-state index >= 15 is 0 Å². The first-order valence-electron chi connectivity index (χ1n) is 16.6. The van der Waals surface area contributed by atoms with Gasteiger partial charge in [0.15, 0.2) is 24.4 Å². The smallest absolute Gasteiger partial charge is 0.338 e. The summed E-state index contributed by atoms with van der Waals surface area (Å²) in [5, 5.41) is 12.4. The van der Waals surface area contributed by atoms with Crippen LogP contribution >= 0.6 is 0 Å². The Morgan fingerprint density at radius 3 is 1.81 bits per heavy atom. The zero-order valence-corrected chi connectivity index (χ0v) is 30.4. The number of hydrogen-bond acceptors (Lipinski definition) is 19. The summed E-state index contributed by atoms with van der Waals surface area (Å²) in [4.78, 5) is 86.6. The second-order valence-electron chi connectivity index (χ2n) is 12.5. The molecule has 0 spiro atoms. The quantitative estimate of drug-likeness (QED) is 0.214. The number of hydrogen-bond donors (Lipinski definition) is 1. The van der Waals surface area contributed by atoms with Gasteiger partial charge < -0.3 is 57.2 Å². The van der Waals surface area contributed by atoms with Crippen molar-refractivity contribution < 1.29 is 90.8 Å². The van der Waals surface area contributed by atoms with Crippen molar-refractivity contribution in [1.29, 1.82) is 0 Å². The molecule has 1 aromatic carbocycles. The van der Waals surface area contributed by atoms with Gasteiger partial charge in [0, 0.05) is 47.5 Å². The predicted molar refractivity (Wildman–Crippen MR) is 173 cm³/mol. The lowest BCUT2D eigenvalue weighted by atomic mass is 9.83. The molecule has 19 nitrogen and oxygen atoms in total. The zero-order valence-electron chi connectivity index (χ0n) is 30.4. The molecule has 2 heterocycles. The summed E-state index contributed by atoms with van der Waals surface area (Å²) >= 11 is 0. The van der Waals surface area contributed by atoms with Gasteiger partial charge in [0.25, 0.3) is 0 Å². The topological polar surface area (TPSA) is 241 Å². The number of benzene rings is 1. The van der Waals surface area contributed by atoms with E-state index < -0.39 is 122 Å². The second-order valence-corrected chi connectivity index (χ2v) is 12.5. The Balaban J connectivity index is 1.79. The van der Waals surface area contributed by atoms with Crippen LogP contribution < -0.4 is 4.74 Å². The van der Waals surface area contributed by atoms with Crippen molar-refractivity contribution in [2.24, 2.45) is 11.8 Å². The molecule has 11 atom stereocenters. The van der Waals surface area contributed by atoms with Gasteiger partial charge in [0.1, 0.15) is 36.8 Å². The molecule has 1 saturated heterocycles. The van der Waals surface area contributed by atoms with Crippen LogP contribution in [0.3, 0.4) is 0 Å². The SMILES string of the molecule is COc1ccc(C(=O)OC2C3C=COC(OC4OC(COC(C)=O)C(OC(C)=O)C(OC(C)=O)C4OC(C)=O)C3C(O)(COC(C)=O)C2OC(C)=O)cc1. The number of fused-ring (bicyclic) bond motifs is 1. The Morgan fingerprint density at radius 2 is 1.26 bits per heavy atom. The minimum atomic E-state index is -2.40. The zero-order chi connectivity index (χ0) is 39.9. The molecule has 296 valence electrons. The number of esters is 7. The van der Waals surface area contributed by atoms with Gasteiger partial charge in [0.05, 0.1) is 24.9 Å². The Labute approximate surface area is 308 Å². The fraction of sp³-hybridized carbons (Fsp3) is 0.571. The van der Waals surface area contributed by atoms with Gasteiger partial charge >= 0.3 is 41.8 Å². The number of methoxy groups -OCH3 is 1. The maximum Gasteiger partial charge on any atom is 0.338 e. The number of ether oxygens (including phenoxy) is 11. The van der Waals surface area contributed by atoms with Crippen molar-refractivity contribution >= 4 is 41.8 Å². The van der Waals surface area contributed by atoms with E-state index in [0.717, 1.165) is 47.8 Å². The van der Waals surface area contributed by atoms with E-state index in [4.69, 9.17) is 52.1 Å². The average Bonchev–Trinajstić information content (AvgIpc) is 3.31. The minimum absolute atomic E-state index is 0.0747. The van der Waals surface area contributed by atoms with Crippen molar-refractivity contribution in [3.05, 3.63) is 42.2 Å². The van der Waals surface area contributed by atoms with Gasteiger partial charge in [-0.05, 0) is 30.3 Å². The summed E-state index contributed by atoms with van der Waals surface area (Å²) < 4.78 is 61.4. The molecule has 0 amide bonds. The van der Waals surface area contributed by atoms with E-state index in [1.54, 1.807) is 0 Å². The number of aliphatic hydroxyl groups is 1. The number of carbonyl (C=O) groups excluding carboxylic acids is 7. The van der Waals surface area contributed by atoms with Crippen LogP contribution in [0.2, 0.25) is 0 Å². The normalized spacial score (nSPS) is 31.0. The summed E-state index contributed by atoms with van der Waals surface area (Å²) in [6.45, 7) is 4.96. The van der Waals surface area contributed by atoms with Crippen LogP contribution in [0.5, 0.6) is 5.75 Å². The van der Waals surface area contributed by atoms with E-state index in [-0.39, 0.29) is 5.56 Å². The van der Waals surface area contributed by atoms with Gasteiger partial charge in [-0.15, -0.1) is 0 Å². The van der Waals surface area contributed by atoms with Crippen molar-refractivity contribution in [3.63, 3.8) is 0 Å². The molecule has 19 heteroatoms. The van der Waals surface area contributed by atoms with Crippen molar-refractivity contribution in [2.75, 3.05) is 20.3 Å². The lowest BCUT2D eigenvalue weighted by Crippen LogP contribution is -2.64. The van der Waals surface area contributed by atoms with Crippen molar-refractivity contribution in [2.45, 2.75) is 96.3 Å². The van der Waals surface area contributed by atoms with Crippen LogP contribution in [0.25, 0.3) is 0 Å². The highest BCUT2D eigenvalue weighted by Gasteiger charge is 2.68. The fourth-order valence-corrected chi connectivity index (χ4v) is 6.51. The van der Waals surface area contributed by atoms with E-state index in [9.17, 15) is 38.7 Å². The molecule has 1 aliphatic carbocycles. The second kappa shape index (κ2) is 17.7. The summed E-state index contributed by atoms with van der Waals surface area (Å²) in [5.41, 5.74) is -2.33. The van der Waals surface area contributed by atoms with Crippen LogP contribution in [-0.4, -0.2) is 122 Å². The van der Waals surface area contributed by atoms with Crippen LogP contribution in [0.15, 0.2) is 36.6 Å². The van der Waals surface area contributed by atoms with Gasteiger partial charge in [-0.1, -0.05) is 0 Å². The molecule has 54 heavy (non-hydrogen) atoms. The van der Waals surface area contributed by atoms with Gasteiger partial charge in [-0.2, -0.15) is 0 Å². The first kappa shape index (κ1) is 41.5. The predicted octanol–water partition coefficient (Wildman–Crippen LogP) is 0.662. The highest BCUT2D eigenvalue weighted by atomic mass is 16.8. The molecule has 3 aliphatic rings. The fourth-order valence-electron chi connectivity index (χ4n) is 6.51. The first-order valence-corrected chi connectivity index (χ1v) is 16.6. The highest BCUT2D eigenvalue weighted by molar-refractivity contribution is 5.89. The Bertz CT molecular complexity index is 1610. The standard InChI is InChI=1S/C35H42O19/c1-16(36)46-14-25-28(48-18(3)38)29(49-19(4)39)30(50-20(5)40)34(52-25)54-33-26-24(12-13-45-33)27(53-32(42)22-8-10-23(44-7)11-9-22)31(51-21(6)41)35(26,43)15-47-17(2)37/h8-13,24-31,33-34,43H,14-15H2,1-7H3. The molecule has 0 aromatic heterocycles. The molecule has 1 saturated carbocycles. The Hall–Kier alpha value is -5.27. The van der Waals surface area contributed by atoms with Gasteiger partial charge in [-0.3, -0.25) is 28.8 Å². The summed E-state index contributed by atoms with van der Waals surface area (Å²) in [6.07, 6.45) is -10.2. The molecule has 2 fully saturated rings. The molecule has 0 radical (unpaired) electrons. The number of carbonyl (C=O) groups is 7. The number of rotatable bonds is 13. The van der Waals surface area contributed by atoms with Gasteiger partial charge in [-0.25, -0.2) is 4.79 Å². The van der Waals surface area contributed by atoms with Crippen LogP contribution in [0.1, 0.15) is 51.9 Å². The third kappa shape index (κ3) is 9.83. The molecular formula is C35H42O19. The maximum absolute atomic E-state index is 13.5. The highest BCUT2D eigenvalue weighted by Crippen LogP contribution is 2.50. The summed E-state index contributed by atoms with van der Waals surface area (Å²) in [7, 11) is 1.44. The molecule has 0 bridgehead atoms. The Morgan fingerprint density at radius 1 is 0.685 bits per heavy atom. The van der Waals surface area contributed by atoms with Crippen LogP contribution in [-0.2, 0) is 76.1 Å². The third-order valence-corrected chi connectivity index (χ3v) is 8.55. The van der Waals surface area contributed by atoms with Gasteiger partial charge in [0.2, 0.25) is 12.6 Å². The monoisotopic (exact) mass is 766 g/mol. The molecular weight excluding hydrogens is 724 g/mol. The molecule has 11 unspecified atom stereocenters. The molecule has 1 aromatic rings. The van der Waals surface area contributed by atoms with Crippen LogP contribution in [0, 0.1) is 11.8 Å². The van der Waals surface area contributed by atoms with E-state index in [0.29, 0.717) is 5.75 Å². The Kier molecular flexibility index (Phi) is 13.6. The van der Waals surface area contributed by atoms with Crippen LogP contribution in [0.4, 0.5) is 0 Å². The molecule has 1 N–H and O–H groups in total. The average molecular weight is 767 g/mol. The molecule has 4 rings (SSSR count). The van der Waals surface area contributed by atoms with Crippen molar-refractivity contribution in [3.8, 4) is 5.75 Å². The van der Waals surface area contributed by atoms with E-state index in [1.807, 2.05) is 0 Å². The summed E-state index contributed by atoms with van der Waals surface area (Å²) in [5.74, 6) is -8.06. The maximum atomic E-state index is 13.5. The lowest BCUT2D eigenvalue weighted by Gasteiger charge is -2.46. The largest absolute Gasteiger partial charge is 0.497 e. The minimum Gasteiger partial charge on any atom is -0.497 e. The van der Waals surface area contributed by atoms with E-state index in [2.05, 4.69) is 0 Å². The molecule has 2 aliphatic heterocycles. The first-order chi connectivity index (χ1) is 25.4. The van der Waals surface area contributed by atoms with E-state index in [1.165, 1.54) is 37.5 Å².